The fraction of sp³-hybridized carbons (Fsp3) is 0.739. The Bertz CT molecular complexity index is 792. The first kappa shape index (κ1) is 20.4. The molecule has 0 bridgehead atoms. The molecule has 0 saturated carbocycles. The fourth-order valence-corrected chi connectivity index (χ4v) is 6.98. The van der Waals surface area contributed by atoms with E-state index in [4.69, 9.17) is 0 Å². The van der Waals surface area contributed by atoms with Crippen LogP contribution >= 0.6 is 0 Å². The van der Waals surface area contributed by atoms with Gasteiger partial charge in [0.2, 0.25) is 10.0 Å². The molecular formula is C23H36N2O2S. The van der Waals surface area contributed by atoms with Crippen molar-refractivity contribution in [2.75, 3.05) is 25.9 Å². The van der Waals surface area contributed by atoms with Gasteiger partial charge in [0, 0.05) is 31.7 Å². The van der Waals surface area contributed by atoms with Gasteiger partial charge in [-0.1, -0.05) is 44.4 Å². The third-order valence-corrected chi connectivity index (χ3v) is 8.53. The van der Waals surface area contributed by atoms with Crippen LogP contribution < -0.4 is 0 Å². The van der Waals surface area contributed by atoms with Crippen molar-refractivity contribution in [3.8, 4) is 0 Å². The summed E-state index contributed by atoms with van der Waals surface area (Å²) in [5.74, 6) is 0.499. The third-order valence-electron chi connectivity index (χ3n) is 7.22. The van der Waals surface area contributed by atoms with Crippen molar-refractivity contribution in [2.45, 2.75) is 76.8 Å². The van der Waals surface area contributed by atoms with Crippen molar-refractivity contribution >= 4 is 10.0 Å². The molecule has 0 radical (unpaired) electrons. The molecule has 0 spiro atoms. The maximum atomic E-state index is 12.4. The van der Waals surface area contributed by atoms with Crippen LogP contribution in [0.4, 0.5) is 0 Å². The van der Waals surface area contributed by atoms with Crippen molar-refractivity contribution in [1.82, 2.24) is 9.21 Å². The molecule has 3 aliphatic heterocycles. The van der Waals surface area contributed by atoms with E-state index in [2.05, 4.69) is 30.0 Å². The van der Waals surface area contributed by atoms with Gasteiger partial charge in [0.1, 0.15) is 0 Å². The number of fused-ring (bicyclic) bond motifs is 4. The van der Waals surface area contributed by atoms with Crippen LogP contribution in [0.5, 0.6) is 0 Å². The van der Waals surface area contributed by atoms with E-state index in [0.717, 1.165) is 32.4 Å². The lowest BCUT2D eigenvalue weighted by Gasteiger charge is -2.51. The highest BCUT2D eigenvalue weighted by molar-refractivity contribution is 7.88. The molecule has 1 aromatic carbocycles. The molecule has 0 aliphatic carbocycles. The van der Waals surface area contributed by atoms with E-state index in [9.17, 15) is 8.42 Å². The van der Waals surface area contributed by atoms with Gasteiger partial charge in [0.05, 0.1) is 6.26 Å². The monoisotopic (exact) mass is 404 g/mol. The minimum Gasteiger partial charge on any atom is -0.296 e. The van der Waals surface area contributed by atoms with Gasteiger partial charge in [-0.15, -0.1) is 0 Å². The molecule has 3 atom stereocenters. The van der Waals surface area contributed by atoms with E-state index in [1.807, 2.05) is 4.31 Å². The Morgan fingerprint density at radius 2 is 2.00 bits per heavy atom. The number of unbranched alkanes of at least 4 members (excludes halogenated alkanes) is 3. The van der Waals surface area contributed by atoms with Gasteiger partial charge < -0.3 is 0 Å². The first-order valence-electron chi connectivity index (χ1n) is 11.3. The highest BCUT2D eigenvalue weighted by Gasteiger charge is 2.44. The third kappa shape index (κ3) is 4.17. The number of sulfonamides is 1. The Balaban J connectivity index is 1.55. The standard InChI is InChI=1S/C23H36N2O2S/c1-3-4-5-6-8-18-10-11-19-12-14-24-17-20-9-7-13-25(28(2,26)27)22(20)16-23(24)21(19)15-18/h10-11,15,20,22-23H,3-9,12-14,16-17H2,1-2H3/t20-,22+,23+/m1/s1. The van der Waals surface area contributed by atoms with Gasteiger partial charge in [-0.25, -0.2) is 8.42 Å². The van der Waals surface area contributed by atoms with Crippen molar-refractivity contribution in [2.24, 2.45) is 5.92 Å². The summed E-state index contributed by atoms with van der Waals surface area (Å²) >= 11 is 0. The Morgan fingerprint density at radius 1 is 1.14 bits per heavy atom. The fourth-order valence-electron chi connectivity index (χ4n) is 5.77. The number of nitrogens with zero attached hydrogens (tertiary/aromatic N) is 2. The molecule has 0 unspecified atom stereocenters. The first-order valence-corrected chi connectivity index (χ1v) is 13.1. The van der Waals surface area contributed by atoms with Gasteiger partial charge in [0.25, 0.3) is 0 Å². The van der Waals surface area contributed by atoms with Crippen LogP contribution in [0, 0.1) is 5.92 Å². The van der Waals surface area contributed by atoms with Crippen LogP contribution in [0.2, 0.25) is 0 Å². The zero-order valence-electron chi connectivity index (χ0n) is 17.6. The molecule has 0 aromatic heterocycles. The van der Waals surface area contributed by atoms with Crippen LogP contribution in [0.15, 0.2) is 18.2 Å². The quantitative estimate of drug-likeness (QED) is 0.669. The molecule has 0 amide bonds. The van der Waals surface area contributed by atoms with E-state index in [1.54, 1.807) is 0 Å². The van der Waals surface area contributed by atoms with Gasteiger partial charge in [-0.3, -0.25) is 4.90 Å². The zero-order chi connectivity index (χ0) is 19.7. The van der Waals surface area contributed by atoms with Crippen molar-refractivity contribution in [1.29, 1.82) is 0 Å². The molecule has 2 fully saturated rings. The number of rotatable bonds is 6. The predicted molar refractivity (Wildman–Crippen MR) is 115 cm³/mol. The Morgan fingerprint density at radius 3 is 2.79 bits per heavy atom. The topological polar surface area (TPSA) is 40.6 Å². The Hall–Kier alpha value is -0.910. The SMILES string of the molecule is CCCCCCc1ccc2c(c1)[C@@H]1C[C@H]3[C@H](CCCN3S(C)(=O)=O)CN1CC2. The number of hydrogen-bond donors (Lipinski definition) is 0. The molecule has 2 saturated heterocycles. The minimum atomic E-state index is -3.12. The molecule has 3 aliphatic rings. The normalized spacial score (nSPS) is 28.4. The lowest BCUT2D eigenvalue weighted by molar-refractivity contribution is 0.0222. The Kier molecular flexibility index (Phi) is 6.15. The number of aryl methyl sites for hydroxylation is 1. The van der Waals surface area contributed by atoms with Crippen molar-refractivity contribution < 1.29 is 8.42 Å². The Labute approximate surface area is 171 Å². The average Bonchev–Trinajstić information content (AvgIpc) is 2.68. The molecule has 5 heteroatoms. The summed E-state index contributed by atoms with van der Waals surface area (Å²) in [6, 6.07) is 7.71. The predicted octanol–water partition coefficient (Wildman–Crippen LogP) is 4.15. The maximum Gasteiger partial charge on any atom is 0.211 e. The van der Waals surface area contributed by atoms with Gasteiger partial charge in [-0.2, -0.15) is 4.31 Å². The summed E-state index contributed by atoms with van der Waals surface area (Å²) in [4.78, 5) is 2.65. The maximum absolute atomic E-state index is 12.4. The minimum absolute atomic E-state index is 0.184. The average molecular weight is 405 g/mol. The molecule has 4 rings (SSSR count). The van der Waals surface area contributed by atoms with Crippen LogP contribution in [-0.2, 0) is 22.9 Å². The number of hydrogen-bond acceptors (Lipinski definition) is 3. The van der Waals surface area contributed by atoms with E-state index < -0.39 is 10.0 Å². The van der Waals surface area contributed by atoms with E-state index in [-0.39, 0.29) is 6.04 Å². The van der Waals surface area contributed by atoms with Gasteiger partial charge in [0.15, 0.2) is 0 Å². The van der Waals surface area contributed by atoms with Crippen LogP contribution in [0.3, 0.4) is 0 Å². The smallest absolute Gasteiger partial charge is 0.211 e. The zero-order valence-corrected chi connectivity index (χ0v) is 18.4. The van der Waals surface area contributed by atoms with E-state index in [0.29, 0.717) is 18.5 Å². The highest BCUT2D eigenvalue weighted by Crippen LogP contribution is 2.43. The summed E-state index contributed by atoms with van der Waals surface area (Å²) in [5.41, 5.74) is 4.43. The molecule has 4 nitrogen and oxygen atoms in total. The van der Waals surface area contributed by atoms with Crippen LogP contribution in [0.1, 0.15) is 74.6 Å². The lowest BCUT2D eigenvalue weighted by Crippen LogP contribution is -2.57. The molecule has 1 aromatic rings. The lowest BCUT2D eigenvalue weighted by atomic mass is 9.77. The summed E-state index contributed by atoms with van der Waals surface area (Å²) in [6.45, 7) is 5.14. The summed E-state index contributed by atoms with van der Waals surface area (Å²) in [5, 5.41) is 0. The molecule has 0 N–H and O–H groups in total. The van der Waals surface area contributed by atoms with Gasteiger partial charge >= 0.3 is 0 Å². The largest absolute Gasteiger partial charge is 0.296 e. The number of piperidine rings is 2. The molecule has 3 heterocycles. The second-order valence-electron chi connectivity index (χ2n) is 9.18. The number of benzene rings is 1. The van der Waals surface area contributed by atoms with Crippen molar-refractivity contribution in [3.63, 3.8) is 0 Å². The second kappa shape index (κ2) is 8.45. The summed E-state index contributed by atoms with van der Waals surface area (Å²) < 4.78 is 26.6. The molecular weight excluding hydrogens is 368 g/mol. The summed E-state index contributed by atoms with van der Waals surface area (Å²) in [7, 11) is -3.12. The summed E-state index contributed by atoms with van der Waals surface area (Å²) in [6.07, 6.45) is 12.0. The van der Waals surface area contributed by atoms with Gasteiger partial charge in [-0.05, 0) is 61.1 Å². The van der Waals surface area contributed by atoms with Crippen LogP contribution in [0.25, 0.3) is 0 Å². The first-order chi connectivity index (χ1) is 13.5. The van der Waals surface area contributed by atoms with Crippen LogP contribution in [-0.4, -0.2) is 49.6 Å². The van der Waals surface area contributed by atoms with Crippen molar-refractivity contribution in [3.05, 3.63) is 34.9 Å². The van der Waals surface area contributed by atoms with E-state index >= 15 is 0 Å². The highest BCUT2D eigenvalue weighted by atomic mass is 32.2. The van der Waals surface area contributed by atoms with E-state index in [1.165, 1.54) is 61.5 Å². The molecule has 28 heavy (non-hydrogen) atoms. The molecule has 156 valence electrons. The second-order valence-corrected chi connectivity index (χ2v) is 11.1.